The van der Waals surface area contributed by atoms with Crippen molar-refractivity contribution in [3.8, 4) is 0 Å². The van der Waals surface area contributed by atoms with Crippen LogP contribution in [0.25, 0.3) is 0 Å². The summed E-state index contributed by atoms with van der Waals surface area (Å²) in [7, 11) is 0. The van der Waals surface area contributed by atoms with Gasteiger partial charge in [-0.3, -0.25) is 9.48 Å². The second-order valence-corrected chi connectivity index (χ2v) is 2.52. The Bertz CT molecular complexity index is 267. The zero-order valence-corrected chi connectivity index (χ0v) is 7.16. The van der Waals surface area contributed by atoms with Gasteiger partial charge in [0.2, 0.25) is 0 Å². The predicted molar refractivity (Wildman–Crippen MR) is 45.9 cm³/mol. The average molecular weight is 167 g/mol. The van der Waals surface area contributed by atoms with E-state index >= 15 is 0 Å². The van der Waals surface area contributed by atoms with Crippen LogP contribution in [0, 0.1) is 0 Å². The van der Waals surface area contributed by atoms with Gasteiger partial charge >= 0.3 is 0 Å². The van der Waals surface area contributed by atoms with E-state index in [1.54, 1.807) is 16.9 Å². The van der Waals surface area contributed by atoms with Crippen LogP contribution in [-0.4, -0.2) is 22.1 Å². The minimum Gasteiger partial charge on any atom is -0.330 e. The molecule has 12 heavy (non-hydrogen) atoms. The van der Waals surface area contributed by atoms with Crippen LogP contribution < -0.4 is 5.73 Å². The molecule has 1 aromatic rings. The van der Waals surface area contributed by atoms with Gasteiger partial charge in [0.05, 0.1) is 0 Å². The van der Waals surface area contributed by atoms with Crippen molar-refractivity contribution in [2.75, 3.05) is 6.54 Å². The van der Waals surface area contributed by atoms with Crippen LogP contribution in [-0.2, 0) is 6.54 Å². The van der Waals surface area contributed by atoms with Gasteiger partial charge in [-0.25, -0.2) is 0 Å². The van der Waals surface area contributed by atoms with Gasteiger partial charge in [-0.15, -0.1) is 0 Å². The highest BCUT2D eigenvalue weighted by Crippen LogP contribution is 1.99. The third-order valence-corrected chi connectivity index (χ3v) is 1.62. The van der Waals surface area contributed by atoms with Crippen molar-refractivity contribution in [2.45, 2.75) is 19.9 Å². The van der Waals surface area contributed by atoms with Gasteiger partial charge in [0, 0.05) is 19.2 Å². The first-order valence-corrected chi connectivity index (χ1v) is 4.04. The Morgan fingerprint density at radius 3 is 3.00 bits per heavy atom. The number of hydrogen-bond donors (Lipinski definition) is 1. The van der Waals surface area contributed by atoms with Crippen molar-refractivity contribution in [2.24, 2.45) is 5.73 Å². The highest BCUT2D eigenvalue weighted by Gasteiger charge is 2.06. The molecule has 0 saturated heterocycles. The number of Topliss-reactive ketones (excluding diaryl/α,β-unsaturated/α-hetero) is 1. The van der Waals surface area contributed by atoms with Crippen molar-refractivity contribution < 1.29 is 4.79 Å². The normalized spacial score (nSPS) is 10.2. The summed E-state index contributed by atoms with van der Waals surface area (Å²) in [6, 6.07) is 1.72. The van der Waals surface area contributed by atoms with Gasteiger partial charge in [-0.1, -0.05) is 0 Å². The van der Waals surface area contributed by atoms with E-state index in [0.717, 1.165) is 6.54 Å². The number of carbonyl (C=O) groups is 1. The molecule has 0 atom stereocenters. The number of aryl methyl sites for hydroxylation is 1. The Hall–Kier alpha value is -1.16. The summed E-state index contributed by atoms with van der Waals surface area (Å²) in [5.41, 5.74) is 5.77. The summed E-state index contributed by atoms with van der Waals surface area (Å²) < 4.78 is 1.73. The van der Waals surface area contributed by atoms with E-state index in [9.17, 15) is 4.79 Å². The molecule has 0 fully saturated rings. The second kappa shape index (κ2) is 4.01. The summed E-state index contributed by atoms with van der Waals surface area (Å²) in [6.07, 6.45) is 2.17. The monoisotopic (exact) mass is 167 g/mol. The van der Waals surface area contributed by atoms with E-state index in [4.69, 9.17) is 5.73 Å². The Morgan fingerprint density at radius 2 is 2.50 bits per heavy atom. The van der Waals surface area contributed by atoms with Gasteiger partial charge < -0.3 is 5.73 Å². The first-order valence-electron chi connectivity index (χ1n) is 4.04. The van der Waals surface area contributed by atoms with E-state index in [0.29, 0.717) is 18.7 Å². The number of carbonyl (C=O) groups excluding carboxylic acids is 1. The zero-order chi connectivity index (χ0) is 8.97. The Kier molecular flexibility index (Phi) is 2.99. The number of nitrogens with two attached hydrogens (primary N) is 1. The van der Waals surface area contributed by atoms with Crippen LogP contribution >= 0.6 is 0 Å². The SMILES string of the molecule is CCn1ccc(C(=O)CCN)n1. The lowest BCUT2D eigenvalue weighted by Crippen LogP contribution is -2.09. The molecule has 0 amide bonds. The summed E-state index contributed by atoms with van der Waals surface area (Å²) >= 11 is 0. The first-order chi connectivity index (χ1) is 5.77. The van der Waals surface area contributed by atoms with E-state index in [1.165, 1.54) is 0 Å². The van der Waals surface area contributed by atoms with Crippen molar-refractivity contribution in [1.29, 1.82) is 0 Å². The first kappa shape index (κ1) is 8.93. The molecule has 0 radical (unpaired) electrons. The summed E-state index contributed by atoms with van der Waals surface area (Å²) in [5.74, 6) is 0.0182. The van der Waals surface area contributed by atoms with Gasteiger partial charge in [0.25, 0.3) is 0 Å². The average Bonchev–Trinajstić information content (AvgIpc) is 2.52. The molecule has 0 aromatic carbocycles. The van der Waals surface area contributed by atoms with Crippen molar-refractivity contribution in [1.82, 2.24) is 9.78 Å². The lowest BCUT2D eigenvalue weighted by atomic mass is 10.2. The quantitative estimate of drug-likeness (QED) is 0.662. The fourth-order valence-corrected chi connectivity index (χ4v) is 0.946. The van der Waals surface area contributed by atoms with Gasteiger partial charge in [0.15, 0.2) is 5.78 Å². The Morgan fingerprint density at radius 1 is 1.75 bits per heavy atom. The molecule has 0 spiro atoms. The van der Waals surface area contributed by atoms with Crippen molar-refractivity contribution in [3.05, 3.63) is 18.0 Å². The highest BCUT2D eigenvalue weighted by atomic mass is 16.1. The standard InChI is InChI=1S/C8H13N3O/c1-2-11-6-4-7(10-11)8(12)3-5-9/h4,6H,2-3,5,9H2,1H3. The molecule has 2 N–H and O–H groups in total. The van der Waals surface area contributed by atoms with E-state index in [2.05, 4.69) is 5.10 Å². The Labute approximate surface area is 71.4 Å². The fraction of sp³-hybridized carbons (Fsp3) is 0.500. The molecule has 0 unspecified atom stereocenters. The number of rotatable bonds is 4. The molecule has 4 nitrogen and oxygen atoms in total. The minimum atomic E-state index is 0.0182. The Balaban J connectivity index is 2.68. The summed E-state index contributed by atoms with van der Waals surface area (Å²) in [6.45, 7) is 3.15. The van der Waals surface area contributed by atoms with Crippen LogP contribution in [0.2, 0.25) is 0 Å². The lowest BCUT2D eigenvalue weighted by molar-refractivity contribution is 0.0980. The molecule has 0 saturated carbocycles. The largest absolute Gasteiger partial charge is 0.330 e. The number of hydrogen-bond acceptors (Lipinski definition) is 3. The molecule has 4 heteroatoms. The number of ketones is 1. The van der Waals surface area contributed by atoms with Crippen LogP contribution in [0.1, 0.15) is 23.8 Å². The molecule has 0 aliphatic carbocycles. The van der Waals surface area contributed by atoms with Crippen molar-refractivity contribution in [3.63, 3.8) is 0 Å². The highest BCUT2D eigenvalue weighted by molar-refractivity contribution is 5.94. The van der Waals surface area contributed by atoms with Crippen LogP contribution in [0.5, 0.6) is 0 Å². The fourth-order valence-electron chi connectivity index (χ4n) is 0.946. The third-order valence-electron chi connectivity index (χ3n) is 1.62. The minimum absolute atomic E-state index is 0.0182. The molecule has 1 heterocycles. The van der Waals surface area contributed by atoms with Crippen LogP contribution in [0.3, 0.4) is 0 Å². The lowest BCUT2D eigenvalue weighted by Gasteiger charge is -1.93. The molecule has 0 aliphatic rings. The third kappa shape index (κ3) is 1.92. The smallest absolute Gasteiger partial charge is 0.184 e. The molecule has 0 bridgehead atoms. The van der Waals surface area contributed by atoms with Crippen LogP contribution in [0.4, 0.5) is 0 Å². The maximum atomic E-state index is 11.2. The van der Waals surface area contributed by atoms with Gasteiger partial charge in [-0.2, -0.15) is 5.10 Å². The zero-order valence-electron chi connectivity index (χ0n) is 7.16. The van der Waals surface area contributed by atoms with E-state index in [-0.39, 0.29) is 5.78 Å². The van der Waals surface area contributed by atoms with E-state index < -0.39 is 0 Å². The molecule has 66 valence electrons. The van der Waals surface area contributed by atoms with Gasteiger partial charge in [0.1, 0.15) is 5.69 Å². The van der Waals surface area contributed by atoms with E-state index in [1.807, 2.05) is 6.92 Å². The molecule has 0 aliphatic heterocycles. The topological polar surface area (TPSA) is 60.9 Å². The molecular formula is C8H13N3O. The van der Waals surface area contributed by atoms with Crippen LogP contribution in [0.15, 0.2) is 12.3 Å². The molecule has 1 aromatic heterocycles. The summed E-state index contributed by atoms with van der Waals surface area (Å²) in [5, 5.41) is 4.06. The maximum absolute atomic E-state index is 11.2. The number of nitrogens with zero attached hydrogens (tertiary/aromatic N) is 2. The molecule has 1 rings (SSSR count). The predicted octanol–water partition coefficient (Wildman–Crippen LogP) is 0.434. The second-order valence-electron chi connectivity index (χ2n) is 2.52. The van der Waals surface area contributed by atoms with Crippen molar-refractivity contribution >= 4 is 5.78 Å². The maximum Gasteiger partial charge on any atom is 0.184 e. The van der Waals surface area contributed by atoms with Gasteiger partial charge in [-0.05, 0) is 19.5 Å². The summed E-state index contributed by atoms with van der Waals surface area (Å²) in [4.78, 5) is 11.2. The number of aromatic nitrogens is 2. The molecular weight excluding hydrogens is 154 g/mol.